The highest BCUT2D eigenvalue weighted by molar-refractivity contribution is 5.89. The Balaban J connectivity index is 1.47. The van der Waals surface area contributed by atoms with E-state index >= 15 is 0 Å². The second-order valence-corrected chi connectivity index (χ2v) is 6.82. The zero-order valence-electron chi connectivity index (χ0n) is 15.5. The van der Waals surface area contributed by atoms with E-state index in [1.165, 1.54) is 5.56 Å². The molecule has 138 valence electrons. The van der Waals surface area contributed by atoms with Crippen LogP contribution in [0.5, 0.6) is 0 Å². The first-order valence-electron chi connectivity index (χ1n) is 9.24. The molecule has 6 nitrogen and oxygen atoms in total. The number of carbonyl (C=O) groups is 1. The van der Waals surface area contributed by atoms with Crippen molar-refractivity contribution in [3.05, 3.63) is 59.5 Å². The lowest BCUT2D eigenvalue weighted by molar-refractivity contribution is -0.116. The summed E-state index contributed by atoms with van der Waals surface area (Å²) >= 11 is 0. The number of carbonyl (C=O) groups excluding carboxylic acids is 1. The number of nitrogens with zero attached hydrogens (tertiary/aromatic N) is 3. The van der Waals surface area contributed by atoms with Crippen LogP contribution in [0.15, 0.2) is 47.1 Å². The molecule has 0 spiro atoms. The van der Waals surface area contributed by atoms with Gasteiger partial charge in [0.05, 0.1) is 5.69 Å². The summed E-state index contributed by atoms with van der Waals surface area (Å²) in [4.78, 5) is 20.7. The summed E-state index contributed by atoms with van der Waals surface area (Å²) in [6, 6.07) is 10.4. The SMILES string of the molecule is CCCC(=O)Nc1nc2ccc(CCc3cn4ccc(C)cc4n3)cc2o1. The highest BCUT2D eigenvalue weighted by Crippen LogP contribution is 2.21. The number of rotatable bonds is 6. The van der Waals surface area contributed by atoms with E-state index in [0.717, 1.165) is 41.7 Å². The van der Waals surface area contributed by atoms with Gasteiger partial charge >= 0.3 is 6.01 Å². The van der Waals surface area contributed by atoms with Gasteiger partial charge in [-0.3, -0.25) is 10.1 Å². The molecule has 1 N–H and O–H groups in total. The fourth-order valence-corrected chi connectivity index (χ4v) is 3.12. The summed E-state index contributed by atoms with van der Waals surface area (Å²) in [5.41, 5.74) is 5.82. The summed E-state index contributed by atoms with van der Waals surface area (Å²) < 4.78 is 7.72. The molecule has 0 radical (unpaired) electrons. The Morgan fingerprint density at radius 2 is 2.07 bits per heavy atom. The topological polar surface area (TPSA) is 72.4 Å². The minimum absolute atomic E-state index is 0.0774. The van der Waals surface area contributed by atoms with Crippen LogP contribution in [-0.2, 0) is 17.6 Å². The van der Waals surface area contributed by atoms with E-state index < -0.39 is 0 Å². The summed E-state index contributed by atoms with van der Waals surface area (Å²) in [5.74, 6) is -0.0774. The molecule has 0 atom stereocenters. The van der Waals surface area contributed by atoms with Crippen molar-refractivity contribution in [1.82, 2.24) is 14.4 Å². The number of benzene rings is 1. The zero-order chi connectivity index (χ0) is 18.8. The Morgan fingerprint density at radius 3 is 2.93 bits per heavy atom. The molecule has 0 bridgehead atoms. The molecule has 1 amide bonds. The van der Waals surface area contributed by atoms with Crippen molar-refractivity contribution >= 4 is 28.7 Å². The predicted octanol–water partition coefficient (Wildman–Crippen LogP) is 4.31. The quantitative estimate of drug-likeness (QED) is 0.555. The minimum atomic E-state index is -0.0774. The van der Waals surface area contributed by atoms with E-state index in [9.17, 15) is 4.79 Å². The number of imidazole rings is 1. The molecule has 0 aliphatic carbocycles. The lowest BCUT2D eigenvalue weighted by Crippen LogP contribution is -2.10. The molecular formula is C21H22N4O2. The van der Waals surface area contributed by atoms with Crippen LogP contribution in [0.1, 0.15) is 36.6 Å². The Kier molecular flexibility index (Phi) is 4.62. The second kappa shape index (κ2) is 7.23. The molecule has 0 unspecified atom stereocenters. The van der Waals surface area contributed by atoms with Gasteiger partial charge in [0.1, 0.15) is 11.2 Å². The molecule has 0 fully saturated rings. The molecule has 4 rings (SSSR count). The van der Waals surface area contributed by atoms with E-state index in [-0.39, 0.29) is 11.9 Å². The van der Waals surface area contributed by atoms with Crippen molar-refractivity contribution < 1.29 is 9.21 Å². The van der Waals surface area contributed by atoms with Crippen LogP contribution < -0.4 is 5.32 Å². The Morgan fingerprint density at radius 1 is 1.19 bits per heavy atom. The first kappa shape index (κ1) is 17.3. The van der Waals surface area contributed by atoms with Crippen LogP contribution in [0.25, 0.3) is 16.7 Å². The lowest BCUT2D eigenvalue weighted by atomic mass is 10.1. The molecule has 0 aliphatic rings. The van der Waals surface area contributed by atoms with E-state index in [4.69, 9.17) is 4.42 Å². The van der Waals surface area contributed by atoms with Crippen LogP contribution >= 0.6 is 0 Å². The van der Waals surface area contributed by atoms with Gasteiger partial charge in [-0.1, -0.05) is 13.0 Å². The molecule has 0 aliphatic heterocycles. The third-order valence-electron chi connectivity index (χ3n) is 4.51. The standard InChI is InChI=1S/C21H22N4O2/c1-3-4-20(26)24-21-23-17-8-6-15(12-18(17)27-21)5-7-16-13-25-10-9-14(2)11-19(25)22-16/h6,8-13H,3-5,7H2,1-2H3,(H,23,24,26). The molecule has 1 aromatic carbocycles. The van der Waals surface area contributed by atoms with Crippen molar-refractivity contribution in [2.24, 2.45) is 0 Å². The first-order valence-corrected chi connectivity index (χ1v) is 9.24. The van der Waals surface area contributed by atoms with Crippen LogP contribution in [0.4, 0.5) is 6.01 Å². The molecular weight excluding hydrogens is 340 g/mol. The molecule has 3 aromatic heterocycles. The van der Waals surface area contributed by atoms with Gasteiger partial charge in [-0.2, -0.15) is 4.98 Å². The van der Waals surface area contributed by atoms with Gasteiger partial charge in [0.2, 0.25) is 5.91 Å². The fourth-order valence-electron chi connectivity index (χ4n) is 3.12. The average molecular weight is 362 g/mol. The summed E-state index contributed by atoms with van der Waals surface area (Å²) in [6.45, 7) is 4.03. The number of amides is 1. The molecule has 6 heteroatoms. The van der Waals surface area contributed by atoms with Gasteiger partial charge in [-0.15, -0.1) is 0 Å². The van der Waals surface area contributed by atoms with Gasteiger partial charge < -0.3 is 8.82 Å². The van der Waals surface area contributed by atoms with Crippen LogP contribution in [0, 0.1) is 6.92 Å². The average Bonchev–Trinajstić information content (AvgIpc) is 3.21. The number of aromatic nitrogens is 3. The lowest BCUT2D eigenvalue weighted by Gasteiger charge is -1.98. The van der Waals surface area contributed by atoms with Gasteiger partial charge in [0.25, 0.3) is 0 Å². The monoisotopic (exact) mass is 362 g/mol. The molecule has 0 saturated carbocycles. The van der Waals surface area contributed by atoms with Crippen LogP contribution in [0.3, 0.4) is 0 Å². The van der Waals surface area contributed by atoms with Gasteiger partial charge in [-0.25, -0.2) is 4.98 Å². The first-order chi connectivity index (χ1) is 13.1. The number of anilines is 1. The Bertz CT molecular complexity index is 1110. The smallest absolute Gasteiger partial charge is 0.302 e. The highest BCUT2D eigenvalue weighted by atomic mass is 16.4. The number of oxazole rings is 1. The van der Waals surface area contributed by atoms with Gasteiger partial charge in [-0.05, 0) is 61.6 Å². The Labute approximate surface area is 157 Å². The van der Waals surface area contributed by atoms with Crippen molar-refractivity contribution in [2.45, 2.75) is 39.5 Å². The third-order valence-corrected chi connectivity index (χ3v) is 4.51. The molecule has 4 aromatic rings. The summed E-state index contributed by atoms with van der Waals surface area (Å²) in [7, 11) is 0. The summed E-state index contributed by atoms with van der Waals surface area (Å²) in [6.07, 6.45) is 7.07. The highest BCUT2D eigenvalue weighted by Gasteiger charge is 2.10. The normalized spacial score (nSPS) is 11.3. The maximum atomic E-state index is 11.7. The molecule has 27 heavy (non-hydrogen) atoms. The fraction of sp³-hybridized carbons (Fsp3) is 0.286. The van der Waals surface area contributed by atoms with E-state index in [0.29, 0.717) is 12.0 Å². The number of fused-ring (bicyclic) bond motifs is 2. The van der Waals surface area contributed by atoms with Gasteiger partial charge in [0.15, 0.2) is 5.58 Å². The minimum Gasteiger partial charge on any atom is -0.423 e. The van der Waals surface area contributed by atoms with Crippen LogP contribution in [0.2, 0.25) is 0 Å². The van der Waals surface area contributed by atoms with Crippen molar-refractivity contribution in [1.29, 1.82) is 0 Å². The molecule has 3 heterocycles. The Hall–Kier alpha value is -3.15. The van der Waals surface area contributed by atoms with E-state index in [2.05, 4.69) is 40.5 Å². The maximum absolute atomic E-state index is 11.7. The van der Waals surface area contributed by atoms with E-state index in [1.54, 1.807) is 0 Å². The van der Waals surface area contributed by atoms with Crippen molar-refractivity contribution in [3.63, 3.8) is 0 Å². The number of hydrogen-bond acceptors (Lipinski definition) is 4. The van der Waals surface area contributed by atoms with Gasteiger partial charge in [0, 0.05) is 18.8 Å². The predicted molar refractivity (Wildman–Crippen MR) is 105 cm³/mol. The number of nitrogens with one attached hydrogen (secondary N) is 1. The third kappa shape index (κ3) is 3.84. The summed E-state index contributed by atoms with van der Waals surface area (Å²) in [5, 5.41) is 2.70. The van der Waals surface area contributed by atoms with Crippen molar-refractivity contribution in [3.8, 4) is 0 Å². The van der Waals surface area contributed by atoms with E-state index in [1.807, 2.05) is 35.7 Å². The number of hydrogen-bond donors (Lipinski definition) is 1. The molecule has 0 saturated heterocycles. The van der Waals surface area contributed by atoms with Crippen LogP contribution in [-0.4, -0.2) is 20.3 Å². The maximum Gasteiger partial charge on any atom is 0.302 e. The van der Waals surface area contributed by atoms with Crippen molar-refractivity contribution in [2.75, 3.05) is 5.32 Å². The number of aryl methyl sites for hydroxylation is 3. The largest absolute Gasteiger partial charge is 0.423 e. The second-order valence-electron chi connectivity index (χ2n) is 6.82. The number of pyridine rings is 1. The zero-order valence-corrected chi connectivity index (χ0v) is 15.5.